The van der Waals surface area contributed by atoms with Gasteiger partial charge in [0.25, 0.3) is 0 Å². The first kappa shape index (κ1) is 20.4. The van der Waals surface area contributed by atoms with Crippen molar-refractivity contribution in [1.82, 2.24) is 5.32 Å². The number of ketones is 1. The summed E-state index contributed by atoms with van der Waals surface area (Å²) >= 11 is 0. The van der Waals surface area contributed by atoms with Crippen LogP contribution in [0.5, 0.6) is 11.5 Å². The van der Waals surface area contributed by atoms with Crippen molar-refractivity contribution in [3.8, 4) is 11.5 Å². The molecule has 2 aromatic carbocycles. The number of nitrogens with one attached hydrogen (secondary N) is 1. The third kappa shape index (κ3) is 4.93. The number of hydrogen-bond acceptors (Lipinski definition) is 5. The fourth-order valence-corrected chi connectivity index (χ4v) is 3.56. The molecular formula is C24H25NO4. The van der Waals surface area contributed by atoms with Crippen LogP contribution in [0.1, 0.15) is 27.9 Å². The molecule has 3 rings (SSSR count). The fourth-order valence-electron chi connectivity index (χ4n) is 3.56. The molecule has 2 aromatic rings. The first-order valence-electron chi connectivity index (χ1n) is 9.53. The summed E-state index contributed by atoms with van der Waals surface area (Å²) in [7, 11) is 3.13. The molecule has 0 fully saturated rings. The van der Waals surface area contributed by atoms with Crippen LogP contribution in [0.4, 0.5) is 0 Å². The van der Waals surface area contributed by atoms with E-state index in [9.17, 15) is 9.59 Å². The maximum Gasteiger partial charge on any atom is 0.167 e. The number of allylic oxidation sites excluding steroid dienone is 3. The number of Topliss-reactive ketones (excluding diaryl/α,β-unsaturated/α-hetero) is 1. The highest BCUT2D eigenvalue weighted by Crippen LogP contribution is 2.38. The minimum absolute atomic E-state index is 0.0726. The van der Waals surface area contributed by atoms with Gasteiger partial charge in [0.2, 0.25) is 0 Å². The quantitative estimate of drug-likeness (QED) is 0.399. The minimum atomic E-state index is -0.202. The lowest BCUT2D eigenvalue weighted by molar-refractivity contribution is -0.104. The first-order valence-corrected chi connectivity index (χ1v) is 9.53. The Morgan fingerprint density at radius 3 is 2.55 bits per heavy atom. The highest BCUT2D eigenvalue weighted by atomic mass is 16.5. The topological polar surface area (TPSA) is 64.6 Å². The van der Waals surface area contributed by atoms with Crippen molar-refractivity contribution in [3.05, 3.63) is 83.1 Å². The Bertz CT molecular complexity index is 931. The summed E-state index contributed by atoms with van der Waals surface area (Å²) in [5.74, 6) is 1.04. The molecule has 0 bridgehead atoms. The van der Waals surface area contributed by atoms with Crippen LogP contribution in [0.25, 0.3) is 0 Å². The Labute approximate surface area is 171 Å². The number of fused-ring (bicyclic) bond motifs is 1. The monoisotopic (exact) mass is 391 g/mol. The molecule has 0 aromatic heterocycles. The third-order valence-electron chi connectivity index (χ3n) is 5.04. The fraction of sp³-hybridized carbons (Fsp3) is 0.250. The number of carbonyl (C=O) groups excluding carboxylic acids is 2. The summed E-state index contributed by atoms with van der Waals surface area (Å²) < 4.78 is 10.7. The zero-order valence-corrected chi connectivity index (χ0v) is 16.7. The summed E-state index contributed by atoms with van der Waals surface area (Å²) in [5.41, 5.74) is 3.60. The van der Waals surface area contributed by atoms with Crippen molar-refractivity contribution in [2.75, 3.05) is 14.2 Å². The van der Waals surface area contributed by atoms with Crippen molar-refractivity contribution in [1.29, 1.82) is 0 Å². The van der Waals surface area contributed by atoms with Gasteiger partial charge in [0.15, 0.2) is 17.3 Å². The summed E-state index contributed by atoms with van der Waals surface area (Å²) in [6.07, 6.45) is 7.07. The first-order chi connectivity index (χ1) is 14.2. The van der Waals surface area contributed by atoms with Gasteiger partial charge in [0.1, 0.15) is 6.29 Å². The maximum atomic E-state index is 12.9. The predicted octanol–water partition coefficient (Wildman–Crippen LogP) is 3.88. The zero-order chi connectivity index (χ0) is 20.6. The van der Waals surface area contributed by atoms with Gasteiger partial charge in [-0.1, -0.05) is 30.3 Å². The van der Waals surface area contributed by atoms with Crippen molar-refractivity contribution >= 4 is 12.1 Å². The van der Waals surface area contributed by atoms with Gasteiger partial charge in [-0.3, -0.25) is 9.59 Å². The molecular weight excluding hydrogens is 366 g/mol. The number of benzene rings is 2. The number of rotatable bonds is 9. The van der Waals surface area contributed by atoms with Crippen molar-refractivity contribution in [3.63, 3.8) is 0 Å². The lowest BCUT2D eigenvalue weighted by atomic mass is 9.95. The molecule has 1 unspecified atom stereocenters. The normalized spacial score (nSPS) is 16.0. The summed E-state index contributed by atoms with van der Waals surface area (Å²) in [5, 5.41) is 3.22. The molecule has 0 amide bonds. The Morgan fingerprint density at radius 2 is 1.86 bits per heavy atom. The SMILES string of the molecule is COc1cc2c(cc1OC)C(=O)C(CC(C=CNCc1ccccc1)=CC=O)C2. The number of hydrogen-bond donors (Lipinski definition) is 1. The van der Waals surface area contributed by atoms with Gasteiger partial charge in [-0.05, 0) is 60.0 Å². The van der Waals surface area contributed by atoms with Gasteiger partial charge in [-0.2, -0.15) is 0 Å². The zero-order valence-electron chi connectivity index (χ0n) is 16.7. The number of aldehydes is 1. The lowest BCUT2D eigenvalue weighted by Gasteiger charge is -2.09. The van der Waals surface area contributed by atoms with Gasteiger partial charge in [0, 0.05) is 18.0 Å². The van der Waals surface area contributed by atoms with E-state index in [2.05, 4.69) is 5.32 Å². The highest BCUT2D eigenvalue weighted by Gasteiger charge is 2.32. The van der Waals surface area contributed by atoms with Crippen molar-refractivity contribution < 1.29 is 19.1 Å². The number of ether oxygens (including phenoxy) is 2. The van der Waals surface area contributed by atoms with Gasteiger partial charge in [0.05, 0.1) is 14.2 Å². The average Bonchev–Trinajstić information content (AvgIpc) is 3.05. The standard InChI is InChI=1S/C24H25NO4/c1-28-22-14-19-13-20(24(27)21(19)15-23(22)29-2)12-17(9-11-26)8-10-25-16-18-6-4-3-5-7-18/h3-11,14-15,20,25H,12-13,16H2,1-2H3. The highest BCUT2D eigenvalue weighted by molar-refractivity contribution is 6.03. The van der Waals surface area contributed by atoms with Gasteiger partial charge in [-0.15, -0.1) is 0 Å². The van der Waals surface area contributed by atoms with Crippen LogP contribution < -0.4 is 14.8 Å². The molecule has 0 saturated heterocycles. The molecule has 0 radical (unpaired) electrons. The van der Waals surface area contributed by atoms with E-state index in [-0.39, 0.29) is 11.7 Å². The number of methoxy groups -OCH3 is 2. The molecule has 1 N–H and O–H groups in total. The molecule has 0 heterocycles. The Kier molecular flexibility index (Phi) is 6.85. The van der Waals surface area contributed by atoms with E-state index in [1.54, 1.807) is 20.3 Å². The van der Waals surface area contributed by atoms with Crippen molar-refractivity contribution in [2.24, 2.45) is 5.92 Å². The van der Waals surface area contributed by atoms with E-state index in [1.807, 2.05) is 48.7 Å². The van der Waals surface area contributed by atoms with Crippen LogP contribution in [0.2, 0.25) is 0 Å². The summed E-state index contributed by atoms with van der Waals surface area (Å²) in [6.45, 7) is 0.694. The predicted molar refractivity (Wildman–Crippen MR) is 112 cm³/mol. The molecule has 0 spiro atoms. The van der Waals surface area contributed by atoms with Crippen LogP contribution in [-0.2, 0) is 17.8 Å². The second-order valence-corrected chi connectivity index (χ2v) is 6.91. The molecule has 5 nitrogen and oxygen atoms in total. The van der Waals surface area contributed by atoms with Crippen LogP contribution in [0.15, 0.2) is 66.4 Å². The second-order valence-electron chi connectivity index (χ2n) is 6.91. The van der Waals surface area contributed by atoms with Crippen molar-refractivity contribution in [2.45, 2.75) is 19.4 Å². The minimum Gasteiger partial charge on any atom is -0.493 e. The maximum absolute atomic E-state index is 12.9. The van der Waals surface area contributed by atoms with Crippen LogP contribution in [-0.4, -0.2) is 26.3 Å². The van der Waals surface area contributed by atoms with Gasteiger partial charge >= 0.3 is 0 Å². The van der Waals surface area contributed by atoms with E-state index in [4.69, 9.17) is 9.47 Å². The Balaban J connectivity index is 1.66. The molecule has 150 valence electrons. The van der Waals surface area contributed by atoms with Crippen LogP contribution >= 0.6 is 0 Å². The molecule has 1 atom stereocenters. The van der Waals surface area contributed by atoms with Crippen LogP contribution in [0, 0.1) is 5.92 Å². The van der Waals surface area contributed by atoms with E-state index in [0.717, 1.165) is 17.4 Å². The summed E-state index contributed by atoms with van der Waals surface area (Å²) in [6, 6.07) is 13.7. The smallest absolute Gasteiger partial charge is 0.167 e. The Hall–Kier alpha value is -3.34. The molecule has 0 saturated carbocycles. The molecule has 29 heavy (non-hydrogen) atoms. The van der Waals surface area contributed by atoms with E-state index < -0.39 is 0 Å². The van der Waals surface area contributed by atoms with Gasteiger partial charge < -0.3 is 14.8 Å². The lowest BCUT2D eigenvalue weighted by Crippen LogP contribution is -2.10. The molecule has 0 aliphatic heterocycles. The molecule has 1 aliphatic carbocycles. The Morgan fingerprint density at radius 1 is 1.14 bits per heavy atom. The van der Waals surface area contributed by atoms with E-state index in [0.29, 0.717) is 36.4 Å². The third-order valence-corrected chi connectivity index (χ3v) is 5.04. The molecule has 1 aliphatic rings. The average molecular weight is 391 g/mol. The van der Waals surface area contributed by atoms with Gasteiger partial charge in [-0.25, -0.2) is 0 Å². The number of carbonyl (C=O) groups is 2. The molecule has 5 heteroatoms. The second kappa shape index (κ2) is 9.73. The van der Waals surface area contributed by atoms with E-state index in [1.165, 1.54) is 11.6 Å². The summed E-state index contributed by atoms with van der Waals surface area (Å²) in [4.78, 5) is 23.9. The largest absolute Gasteiger partial charge is 0.493 e. The van der Waals surface area contributed by atoms with E-state index >= 15 is 0 Å². The van der Waals surface area contributed by atoms with Crippen LogP contribution in [0.3, 0.4) is 0 Å².